The predicted octanol–water partition coefficient (Wildman–Crippen LogP) is 3.60. The molecule has 2 aliphatic rings. The topological polar surface area (TPSA) is 32.3 Å². The molecule has 124 valence electrons. The van der Waals surface area contributed by atoms with E-state index >= 15 is 0 Å². The van der Waals surface area contributed by atoms with Crippen molar-refractivity contribution in [2.45, 2.75) is 25.8 Å². The molecule has 1 N–H and O–H groups in total. The van der Waals surface area contributed by atoms with E-state index < -0.39 is 0 Å². The van der Waals surface area contributed by atoms with Crippen molar-refractivity contribution in [3.8, 4) is 11.1 Å². The van der Waals surface area contributed by atoms with Crippen LogP contribution in [0.1, 0.15) is 36.9 Å². The molecule has 3 heteroatoms. The summed E-state index contributed by atoms with van der Waals surface area (Å²) in [7, 11) is 0. The van der Waals surface area contributed by atoms with E-state index in [-0.39, 0.29) is 5.91 Å². The first kappa shape index (κ1) is 15.4. The zero-order valence-electron chi connectivity index (χ0n) is 14.2. The van der Waals surface area contributed by atoms with E-state index in [0.717, 1.165) is 32.5 Å². The molecule has 0 atom stereocenters. The molecule has 0 aromatic heterocycles. The number of nitrogens with one attached hydrogen (secondary N) is 1. The zero-order valence-corrected chi connectivity index (χ0v) is 14.2. The SMILES string of the molecule is CC(=O)N1CCC(CNC2c3ccccc3-c3ccccc32)CC1. The number of rotatable bonds is 3. The molecular weight excluding hydrogens is 296 g/mol. The van der Waals surface area contributed by atoms with Crippen LogP contribution in [0.3, 0.4) is 0 Å². The third-order valence-corrected chi connectivity index (χ3v) is 5.50. The minimum absolute atomic E-state index is 0.208. The molecule has 0 radical (unpaired) electrons. The predicted molar refractivity (Wildman–Crippen MR) is 96.7 cm³/mol. The second-order valence-electron chi connectivity index (χ2n) is 6.97. The molecule has 1 fully saturated rings. The van der Waals surface area contributed by atoms with Crippen LogP contribution < -0.4 is 5.32 Å². The number of hydrogen-bond acceptors (Lipinski definition) is 2. The number of benzene rings is 2. The Morgan fingerprint density at radius 2 is 1.54 bits per heavy atom. The third-order valence-electron chi connectivity index (χ3n) is 5.50. The Morgan fingerprint density at radius 3 is 2.08 bits per heavy atom. The van der Waals surface area contributed by atoms with Crippen LogP contribution in [0.25, 0.3) is 11.1 Å². The Bertz CT molecular complexity index is 702. The van der Waals surface area contributed by atoms with Crippen molar-refractivity contribution in [2.75, 3.05) is 19.6 Å². The van der Waals surface area contributed by atoms with Gasteiger partial charge in [0.2, 0.25) is 5.91 Å². The average molecular weight is 320 g/mol. The van der Waals surface area contributed by atoms with Gasteiger partial charge in [-0.05, 0) is 47.6 Å². The fourth-order valence-corrected chi connectivity index (χ4v) is 4.11. The molecule has 0 unspecified atom stereocenters. The largest absolute Gasteiger partial charge is 0.343 e. The zero-order chi connectivity index (χ0) is 16.5. The maximum atomic E-state index is 11.5. The van der Waals surface area contributed by atoms with Crippen LogP contribution in [0.4, 0.5) is 0 Å². The van der Waals surface area contributed by atoms with Crippen LogP contribution in [-0.2, 0) is 4.79 Å². The van der Waals surface area contributed by atoms with Gasteiger partial charge in [0, 0.05) is 20.0 Å². The van der Waals surface area contributed by atoms with Crippen molar-refractivity contribution in [3.63, 3.8) is 0 Å². The van der Waals surface area contributed by atoms with Crippen molar-refractivity contribution < 1.29 is 4.79 Å². The standard InChI is InChI=1S/C21H24N2O/c1-15(24)23-12-10-16(11-13-23)14-22-21-19-8-4-2-6-17(19)18-7-3-5-9-20(18)21/h2-9,16,21-22H,10-14H2,1H3. The van der Waals surface area contributed by atoms with Gasteiger partial charge in [0.05, 0.1) is 6.04 Å². The van der Waals surface area contributed by atoms with Gasteiger partial charge in [-0.25, -0.2) is 0 Å². The monoisotopic (exact) mass is 320 g/mol. The van der Waals surface area contributed by atoms with Crippen LogP contribution in [0.5, 0.6) is 0 Å². The highest BCUT2D eigenvalue weighted by Gasteiger charge is 2.29. The van der Waals surface area contributed by atoms with Crippen molar-refractivity contribution in [1.82, 2.24) is 10.2 Å². The Labute approximate surface area is 143 Å². The Kier molecular flexibility index (Phi) is 4.11. The molecule has 24 heavy (non-hydrogen) atoms. The van der Waals surface area contributed by atoms with Gasteiger partial charge in [-0.15, -0.1) is 0 Å². The molecule has 1 amide bonds. The van der Waals surface area contributed by atoms with Gasteiger partial charge in [-0.3, -0.25) is 4.79 Å². The van der Waals surface area contributed by atoms with Gasteiger partial charge in [0.25, 0.3) is 0 Å². The highest BCUT2D eigenvalue weighted by Crippen LogP contribution is 2.43. The van der Waals surface area contributed by atoms with E-state index in [1.165, 1.54) is 22.3 Å². The number of fused-ring (bicyclic) bond motifs is 3. The molecule has 2 aromatic carbocycles. The number of nitrogens with zero attached hydrogens (tertiary/aromatic N) is 1. The summed E-state index contributed by atoms with van der Waals surface area (Å²) in [5, 5.41) is 3.80. The van der Waals surface area contributed by atoms with Gasteiger partial charge in [0.1, 0.15) is 0 Å². The highest BCUT2D eigenvalue weighted by molar-refractivity contribution is 5.78. The van der Waals surface area contributed by atoms with Gasteiger partial charge in [0.15, 0.2) is 0 Å². The van der Waals surface area contributed by atoms with Crippen LogP contribution in [0.2, 0.25) is 0 Å². The molecule has 1 aliphatic carbocycles. The lowest BCUT2D eigenvalue weighted by Gasteiger charge is -2.32. The molecule has 3 nitrogen and oxygen atoms in total. The van der Waals surface area contributed by atoms with E-state index in [4.69, 9.17) is 0 Å². The van der Waals surface area contributed by atoms with E-state index in [2.05, 4.69) is 53.8 Å². The van der Waals surface area contributed by atoms with Crippen LogP contribution in [0.15, 0.2) is 48.5 Å². The number of carbonyl (C=O) groups is 1. The summed E-state index contributed by atoms with van der Waals surface area (Å²) >= 11 is 0. The fraction of sp³-hybridized carbons (Fsp3) is 0.381. The van der Waals surface area contributed by atoms with E-state index in [1.54, 1.807) is 6.92 Å². The summed E-state index contributed by atoms with van der Waals surface area (Å²) in [5.74, 6) is 0.862. The first-order valence-corrected chi connectivity index (χ1v) is 8.91. The number of amides is 1. The van der Waals surface area contributed by atoms with E-state index in [1.807, 2.05) is 4.90 Å². The average Bonchev–Trinajstić information content (AvgIpc) is 2.94. The van der Waals surface area contributed by atoms with Gasteiger partial charge < -0.3 is 10.2 Å². The molecule has 1 saturated heterocycles. The van der Waals surface area contributed by atoms with Crippen LogP contribution in [0, 0.1) is 5.92 Å². The first-order chi connectivity index (χ1) is 11.7. The molecule has 1 heterocycles. The summed E-state index contributed by atoms with van der Waals surface area (Å²) in [6.07, 6.45) is 2.20. The Morgan fingerprint density at radius 1 is 1.00 bits per heavy atom. The van der Waals surface area contributed by atoms with Crippen molar-refractivity contribution >= 4 is 5.91 Å². The summed E-state index contributed by atoms with van der Waals surface area (Å²) < 4.78 is 0. The van der Waals surface area contributed by atoms with Gasteiger partial charge in [-0.2, -0.15) is 0 Å². The summed E-state index contributed by atoms with van der Waals surface area (Å²) in [5.41, 5.74) is 5.49. The minimum atomic E-state index is 0.208. The van der Waals surface area contributed by atoms with Crippen molar-refractivity contribution in [3.05, 3.63) is 59.7 Å². The molecular formula is C21H24N2O. The smallest absolute Gasteiger partial charge is 0.219 e. The number of carbonyl (C=O) groups excluding carboxylic acids is 1. The molecule has 0 spiro atoms. The van der Waals surface area contributed by atoms with Crippen LogP contribution in [-0.4, -0.2) is 30.4 Å². The summed E-state index contributed by atoms with van der Waals surface area (Å²) in [4.78, 5) is 13.4. The lowest BCUT2D eigenvalue weighted by Crippen LogP contribution is -2.40. The maximum Gasteiger partial charge on any atom is 0.219 e. The number of piperidine rings is 1. The molecule has 1 aliphatic heterocycles. The molecule has 2 aromatic rings. The van der Waals surface area contributed by atoms with Crippen molar-refractivity contribution in [2.24, 2.45) is 5.92 Å². The minimum Gasteiger partial charge on any atom is -0.343 e. The normalized spacial score (nSPS) is 17.6. The number of hydrogen-bond donors (Lipinski definition) is 1. The second kappa shape index (κ2) is 6.40. The summed E-state index contributed by atoms with van der Waals surface area (Å²) in [6.45, 7) is 4.49. The highest BCUT2D eigenvalue weighted by atomic mass is 16.2. The molecule has 0 saturated carbocycles. The maximum absolute atomic E-state index is 11.5. The summed E-state index contributed by atoms with van der Waals surface area (Å²) in [6, 6.07) is 17.7. The molecule has 0 bridgehead atoms. The Balaban J connectivity index is 1.47. The lowest BCUT2D eigenvalue weighted by atomic mass is 9.95. The second-order valence-corrected chi connectivity index (χ2v) is 6.97. The van der Waals surface area contributed by atoms with Gasteiger partial charge in [-0.1, -0.05) is 48.5 Å². The quantitative estimate of drug-likeness (QED) is 0.937. The first-order valence-electron chi connectivity index (χ1n) is 8.91. The Hall–Kier alpha value is -2.13. The molecule has 4 rings (SSSR count). The lowest BCUT2D eigenvalue weighted by molar-refractivity contribution is -0.130. The third kappa shape index (κ3) is 2.73. The van der Waals surface area contributed by atoms with Crippen LogP contribution >= 0.6 is 0 Å². The van der Waals surface area contributed by atoms with Crippen molar-refractivity contribution in [1.29, 1.82) is 0 Å². The fourth-order valence-electron chi connectivity index (χ4n) is 4.11. The van der Waals surface area contributed by atoms with E-state index in [9.17, 15) is 4.79 Å². The number of likely N-dealkylation sites (tertiary alicyclic amines) is 1. The van der Waals surface area contributed by atoms with E-state index in [0.29, 0.717) is 12.0 Å². The van der Waals surface area contributed by atoms with Gasteiger partial charge >= 0.3 is 0 Å².